The number of nitrogens with one attached hydrogen (secondary N) is 1. The van der Waals surface area contributed by atoms with Gasteiger partial charge in [-0.2, -0.15) is 0 Å². The van der Waals surface area contributed by atoms with Crippen LogP contribution in [0.4, 0.5) is 5.82 Å². The molecule has 4 nitrogen and oxygen atoms in total. The van der Waals surface area contributed by atoms with Crippen LogP contribution < -0.4 is 4.72 Å². The minimum absolute atomic E-state index is 0.00610. The van der Waals surface area contributed by atoms with Gasteiger partial charge in [0.1, 0.15) is 10.7 Å². The lowest BCUT2D eigenvalue weighted by atomic mass is 10.4. The van der Waals surface area contributed by atoms with Crippen LogP contribution in [0.15, 0.2) is 35.2 Å². The van der Waals surface area contributed by atoms with Crippen molar-refractivity contribution < 1.29 is 8.42 Å². The number of aryl methyl sites for hydroxylation is 1. The molecule has 1 N–H and O–H groups in total. The maximum absolute atomic E-state index is 12.3. The van der Waals surface area contributed by atoms with Crippen molar-refractivity contribution in [1.82, 2.24) is 4.98 Å². The van der Waals surface area contributed by atoms with Crippen LogP contribution in [0.3, 0.4) is 0 Å². The van der Waals surface area contributed by atoms with E-state index in [1.54, 1.807) is 19.1 Å². The number of halogens is 3. The second-order valence-electron chi connectivity index (χ2n) is 3.94. The summed E-state index contributed by atoms with van der Waals surface area (Å²) in [5, 5.41) is 0.0528. The van der Waals surface area contributed by atoms with E-state index >= 15 is 0 Å². The molecule has 0 unspecified atom stereocenters. The summed E-state index contributed by atoms with van der Waals surface area (Å²) in [6.45, 7) is 1.75. The lowest BCUT2D eigenvalue weighted by Gasteiger charge is -2.10. The summed E-state index contributed by atoms with van der Waals surface area (Å²) in [6.07, 6.45) is 0. The van der Waals surface area contributed by atoms with Crippen molar-refractivity contribution in [2.75, 3.05) is 4.72 Å². The molecular formula is C12H9Cl3N2O2S. The van der Waals surface area contributed by atoms with Crippen LogP contribution >= 0.6 is 34.8 Å². The third-order valence-corrected chi connectivity index (χ3v) is 5.22. The Morgan fingerprint density at radius 3 is 2.40 bits per heavy atom. The number of pyridine rings is 1. The number of hydrogen-bond acceptors (Lipinski definition) is 3. The van der Waals surface area contributed by atoms with Gasteiger partial charge >= 0.3 is 0 Å². The first-order valence-electron chi connectivity index (χ1n) is 5.41. The molecule has 2 rings (SSSR count). The van der Waals surface area contributed by atoms with Crippen molar-refractivity contribution in [3.63, 3.8) is 0 Å². The van der Waals surface area contributed by atoms with Crippen molar-refractivity contribution in [3.05, 3.63) is 51.1 Å². The molecule has 0 saturated heterocycles. The number of anilines is 1. The Morgan fingerprint density at radius 2 is 1.75 bits per heavy atom. The van der Waals surface area contributed by atoms with Crippen LogP contribution in [0.25, 0.3) is 0 Å². The zero-order chi connectivity index (χ0) is 14.9. The highest BCUT2D eigenvalue weighted by Gasteiger charge is 2.21. The second kappa shape index (κ2) is 5.77. The van der Waals surface area contributed by atoms with Crippen molar-refractivity contribution in [2.24, 2.45) is 0 Å². The van der Waals surface area contributed by atoms with E-state index < -0.39 is 10.0 Å². The van der Waals surface area contributed by atoms with Gasteiger partial charge in [-0.1, -0.05) is 40.9 Å². The molecule has 0 fully saturated rings. The summed E-state index contributed by atoms with van der Waals surface area (Å²) in [4.78, 5) is 3.91. The number of aromatic nitrogens is 1. The van der Waals surface area contributed by atoms with Gasteiger partial charge in [0, 0.05) is 5.69 Å². The average Bonchev–Trinajstić information content (AvgIpc) is 2.35. The van der Waals surface area contributed by atoms with Gasteiger partial charge in [0.2, 0.25) is 0 Å². The lowest BCUT2D eigenvalue weighted by Crippen LogP contribution is -2.14. The predicted octanol–water partition coefficient (Wildman–Crippen LogP) is 4.15. The SMILES string of the molecule is Cc1cccc(NS(=O)(=O)c2ccc(Cl)c(Cl)c2Cl)n1. The van der Waals surface area contributed by atoms with E-state index in [0.717, 1.165) is 0 Å². The maximum Gasteiger partial charge on any atom is 0.264 e. The first-order chi connectivity index (χ1) is 9.31. The van der Waals surface area contributed by atoms with E-state index in [2.05, 4.69) is 9.71 Å². The summed E-state index contributed by atoms with van der Waals surface area (Å²) >= 11 is 17.5. The molecule has 20 heavy (non-hydrogen) atoms. The highest BCUT2D eigenvalue weighted by molar-refractivity contribution is 7.92. The molecule has 0 atom stereocenters. The van der Waals surface area contributed by atoms with Gasteiger partial charge in [-0.05, 0) is 31.2 Å². The quantitative estimate of drug-likeness (QED) is 0.845. The number of nitrogens with zero attached hydrogens (tertiary/aromatic N) is 1. The normalized spacial score (nSPS) is 11.4. The van der Waals surface area contributed by atoms with E-state index in [9.17, 15) is 8.42 Å². The van der Waals surface area contributed by atoms with Crippen LogP contribution in [-0.2, 0) is 10.0 Å². The van der Waals surface area contributed by atoms with E-state index in [-0.39, 0.29) is 25.8 Å². The molecule has 0 bridgehead atoms. The maximum atomic E-state index is 12.3. The van der Waals surface area contributed by atoms with Gasteiger partial charge in [0.05, 0.1) is 15.1 Å². The molecule has 0 radical (unpaired) electrons. The van der Waals surface area contributed by atoms with Gasteiger partial charge in [-0.3, -0.25) is 4.72 Å². The minimum Gasteiger partial charge on any atom is -0.263 e. The Balaban J connectivity index is 2.44. The molecule has 106 valence electrons. The first kappa shape index (κ1) is 15.4. The first-order valence-corrected chi connectivity index (χ1v) is 8.03. The van der Waals surface area contributed by atoms with Crippen molar-refractivity contribution in [3.8, 4) is 0 Å². The van der Waals surface area contributed by atoms with E-state index in [1.165, 1.54) is 18.2 Å². The van der Waals surface area contributed by atoms with Crippen molar-refractivity contribution >= 4 is 50.6 Å². The molecule has 1 heterocycles. The second-order valence-corrected chi connectivity index (χ2v) is 6.76. The van der Waals surface area contributed by atoms with Crippen LogP contribution in [0.1, 0.15) is 5.69 Å². The van der Waals surface area contributed by atoms with Gasteiger partial charge < -0.3 is 0 Å². The molecule has 0 amide bonds. The molecule has 0 aliphatic rings. The fourth-order valence-corrected chi connectivity index (χ4v) is 3.49. The predicted molar refractivity (Wildman–Crippen MR) is 81.3 cm³/mol. The van der Waals surface area contributed by atoms with Crippen LogP contribution in [0.2, 0.25) is 15.1 Å². The Kier molecular flexibility index (Phi) is 4.44. The van der Waals surface area contributed by atoms with Crippen molar-refractivity contribution in [1.29, 1.82) is 0 Å². The summed E-state index contributed by atoms with van der Waals surface area (Å²) in [6, 6.07) is 7.64. The monoisotopic (exact) mass is 350 g/mol. The summed E-state index contributed by atoms with van der Waals surface area (Å²) in [7, 11) is -3.89. The molecule has 0 spiro atoms. The minimum atomic E-state index is -3.89. The smallest absolute Gasteiger partial charge is 0.263 e. The standard InChI is InChI=1S/C12H9Cl3N2O2S/c1-7-3-2-4-10(16-7)17-20(18,19)9-6-5-8(13)11(14)12(9)15/h2-6H,1H3,(H,16,17). The van der Waals surface area contributed by atoms with E-state index in [4.69, 9.17) is 34.8 Å². The van der Waals surface area contributed by atoms with Crippen LogP contribution in [-0.4, -0.2) is 13.4 Å². The highest BCUT2D eigenvalue weighted by Crippen LogP contribution is 2.35. The lowest BCUT2D eigenvalue weighted by molar-refractivity contribution is 0.601. The topological polar surface area (TPSA) is 59.1 Å². The van der Waals surface area contributed by atoms with Gasteiger partial charge in [-0.15, -0.1) is 0 Å². The van der Waals surface area contributed by atoms with Gasteiger partial charge in [0.25, 0.3) is 10.0 Å². The van der Waals surface area contributed by atoms with Crippen molar-refractivity contribution in [2.45, 2.75) is 11.8 Å². The average molecular weight is 352 g/mol. The van der Waals surface area contributed by atoms with Gasteiger partial charge in [-0.25, -0.2) is 13.4 Å². The Bertz CT molecular complexity index is 763. The number of hydrogen-bond donors (Lipinski definition) is 1. The molecule has 1 aromatic carbocycles. The fraction of sp³-hybridized carbons (Fsp3) is 0.0833. The zero-order valence-corrected chi connectivity index (χ0v) is 13.3. The molecule has 0 aliphatic carbocycles. The highest BCUT2D eigenvalue weighted by atomic mass is 35.5. The molecule has 0 aliphatic heterocycles. The Morgan fingerprint density at radius 1 is 1.05 bits per heavy atom. The fourth-order valence-electron chi connectivity index (χ4n) is 1.51. The largest absolute Gasteiger partial charge is 0.264 e. The molecule has 2 aromatic rings. The van der Waals surface area contributed by atoms with E-state index in [0.29, 0.717) is 5.69 Å². The number of benzene rings is 1. The number of rotatable bonds is 3. The zero-order valence-electron chi connectivity index (χ0n) is 10.2. The molecule has 1 aromatic heterocycles. The third-order valence-electron chi connectivity index (χ3n) is 2.42. The third kappa shape index (κ3) is 3.17. The van der Waals surface area contributed by atoms with Crippen LogP contribution in [0, 0.1) is 6.92 Å². The molecule has 0 saturated carbocycles. The Labute approximate surface area is 131 Å². The molecule has 8 heteroatoms. The number of sulfonamides is 1. The summed E-state index contributed by atoms with van der Waals surface area (Å²) < 4.78 is 26.9. The summed E-state index contributed by atoms with van der Waals surface area (Å²) in [5.41, 5.74) is 0.686. The van der Waals surface area contributed by atoms with Crippen LogP contribution in [0.5, 0.6) is 0 Å². The van der Waals surface area contributed by atoms with E-state index in [1.807, 2.05) is 0 Å². The Hall–Kier alpha value is -1.01. The van der Waals surface area contributed by atoms with Gasteiger partial charge in [0.15, 0.2) is 0 Å². The molecular weight excluding hydrogens is 343 g/mol. The summed E-state index contributed by atoms with van der Waals surface area (Å²) in [5.74, 6) is 0.201.